The van der Waals surface area contributed by atoms with E-state index < -0.39 is 0 Å². The number of carbonyl (C=O) groups excluding carboxylic acids is 2. The first-order chi connectivity index (χ1) is 17.6. The van der Waals surface area contributed by atoms with E-state index in [0.717, 1.165) is 37.1 Å². The second-order valence-electron chi connectivity index (χ2n) is 9.52. The molecule has 2 aromatic rings. The van der Waals surface area contributed by atoms with Crippen LogP contribution in [0, 0.1) is 0 Å². The van der Waals surface area contributed by atoms with Crippen molar-refractivity contribution in [3.8, 4) is 17.2 Å². The molecule has 0 spiro atoms. The van der Waals surface area contributed by atoms with Gasteiger partial charge in [-0.3, -0.25) is 4.79 Å². The molecule has 2 aromatic carbocycles. The van der Waals surface area contributed by atoms with Gasteiger partial charge in [0.1, 0.15) is 5.75 Å². The molecule has 0 radical (unpaired) electrons. The third kappa shape index (κ3) is 5.04. The number of piperidine rings is 2. The molecular weight excluding hydrogens is 458 g/mol. The minimum Gasteiger partial charge on any atom is -0.493 e. The van der Waals surface area contributed by atoms with E-state index in [9.17, 15) is 9.59 Å². The number of hydrogen-bond acceptors (Lipinski definition) is 6. The SMILES string of the molecule is COc1cc2c(cc1OC)C(=Cc1ccc(OC(=O)N3CCC(N4CCCCC4)CC3)cc1)C(=O)N2. The quantitative estimate of drug-likeness (QED) is 0.614. The minimum atomic E-state index is -0.302. The van der Waals surface area contributed by atoms with Gasteiger partial charge in [0.15, 0.2) is 11.5 Å². The number of ether oxygens (including phenoxy) is 3. The average Bonchev–Trinajstić information content (AvgIpc) is 3.22. The Balaban J connectivity index is 1.21. The molecule has 36 heavy (non-hydrogen) atoms. The van der Waals surface area contributed by atoms with Crippen LogP contribution in [0.25, 0.3) is 11.6 Å². The van der Waals surface area contributed by atoms with Crippen molar-refractivity contribution in [2.45, 2.75) is 38.1 Å². The van der Waals surface area contributed by atoms with E-state index in [4.69, 9.17) is 14.2 Å². The number of hydrogen-bond donors (Lipinski definition) is 1. The van der Waals surface area contributed by atoms with E-state index in [1.54, 1.807) is 43.4 Å². The Hall–Kier alpha value is -3.52. The molecule has 0 atom stereocenters. The van der Waals surface area contributed by atoms with Crippen molar-refractivity contribution in [3.05, 3.63) is 47.5 Å². The lowest BCUT2D eigenvalue weighted by molar-refractivity contribution is -0.110. The van der Waals surface area contributed by atoms with Crippen LogP contribution in [0.3, 0.4) is 0 Å². The Morgan fingerprint density at radius 3 is 2.28 bits per heavy atom. The standard InChI is InChI=1S/C28H33N3O5/c1-34-25-17-22-23(27(32)29-24(22)18-26(25)35-2)16-19-6-8-21(9-7-19)36-28(33)31-14-10-20(11-15-31)30-12-4-3-5-13-30/h6-9,16-18,20H,3-5,10-15H2,1-2H3,(H,29,32). The lowest BCUT2D eigenvalue weighted by Crippen LogP contribution is -2.48. The number of anilines is 1. The van der Waals surface area contributed by atoms with Crippen LogP contribution in [0.15, 0.2) is 36.4 Å². The Labute approximate surface area is 211 Å². The first-order valence-electron chi connectivity index (χ1n) is 12.7. The van der Waals surface area contributed by atoms with Crippen LogP contribution in [0.1, 0.15) is 43.2 Å². The summed E-state index contributed by atoms with van der Waals surface area (Å²) in [6.07, 6.45) is 7.42. The summed E-state index contributed by atoms with van der Waals surface area (Å²) >= 11 is 0. The molecule has 8 nitrogen and oxygen atoms in total. The Bertz CT molecular complexity index is 1150. The predicted octanol–water partition coefficient (Wildman–Crippen LogP) is 4.65. The molecule has 0 aromatic heterocycles. The lowest BCUT2D eigenvalue weighted by Gasteiger charge is -2.39. The number of nitrogens with zero attached hydrogens (tertiary/aromatic N) is 2. The molecule has 2 amide bonds. The molecule has 2 saturated heterocycles. The highest BCUT2D eigenvalue weighted by Crippen LogP contribution is 2.41. The van der Waals surface area contributed by atoms with E-state index >= 15 is 0 Å². The number of fused-ring (bicyclic) bond motifs is 1. The van der Waals surface area contributed by atoms with Gasteiger partial charge in [-0.15, -0.1) is 0 Å². The highest BCUT2D eigenvalue weighted by Gasteiger charge is 2.29. The summed E-state index contributed by atoms with van der Waals surface area (Å²) in [7, 11) is 3.12. The van der Waals surface area contributed by atoms with Crippen LogP contribution in [-0.2, 0) is 4.79 Å². The van der Waals surface area contributed by atoms with Gasteiger partial charge in [-0.2, -0.15) is 0 Å². The third-order valence-electron chi connectivity index (χ3n) is 7.33. The summed E-state index contributed by atoms with van der Waals surface area (Å²) < 4.78 is 16.4. The van der Waals surface area contributed by atoms with E-state index in [1.165, 1.54) is 32.4 Å². The maximum atomic E-state index is 12.7. The summed E-state index contributed by atoms with van der Waals surface area (Å²) in [5.41, 5.74) is 2.79. The van der Waals surface area contributed by atoms with E-state index in [0.29, 0.717) is 34.6 Å². The molecule has 2 fully saturated rings. The van der Waals surface area contributed by atoms with Crippen molar-refractivity contribution in [1.29, 1.82) is 0 Å². The van der Waals surface area contributed by atoms with Gasteiger partial charge >= 0.3 is 6.09 Å². The summed E-state index contributed by atoms with van der Waals surface area (Å²) in [4.78, 5) is 29.7. The smallest absolute Gasteiger partial charge is 0.415 e. The van der Waals surface area contributed by atoms with Crippen molar-refractivity contribution in [3.63, 3.8) is 0 Å². The number of amides is 2. The highest BCUT2D eigenvalue weighted by molar-refractivity contribution is 6.35. The van der Waals surface area contributed by atoms with Gasteiger partial charge in [-0.25, -0.2) is 4.79 Å². The van der Waals surface area contributed by atoms with E-state index in [1.807, 2.05) is 18.2 Å². The summed E-state index contributed by atoms with van der Waals surface area (Å²) in [6.45, 7) is 3.83. The molecule has 0 aliphatic carbocycles. The summed E-state index contributed by atoms with van der Waals surface area (Å²) in [5.74, 6) is 1.41. The number of nitrogens with one attached hydrogen (secondary N) is 1. The van der Waals surface area contributed by atoms with Gasteiger partial charge in [0, 0.05) is 36.3 Å². The van der Waals surface area contributed by atoms with Crippen LogP contribution < -0.4 is 19.5 Å². The van der Waals surface area contributed by atoms with Gasteiger partial charge in [-0.05, 0) is 68.6 Å². The second-order valence-corrected chi connectivity index (χ2v) is 9.52. The second kappa shape index (κ2) is 10.6. The third-order valence-corrected chi connectivity index (χ3v) is 7.33. The topological polar surface area (TPSA) is 80.3 Å². The average molecular weight is 492 g/mol. The van der Waals surface area contributed by atoms with Crippen LogP contribution in [0.5, 0.6) is 17.2 Å². The van der Waals surface area contributed by atoms with Gasteiger partial charge in [0.25, 0.3) is 5.91 Å². The zero-order chi connectivity index (χ0) is 25.1. The monoisotopic (exact) mass is 491 g/mol. The van der Waals surface area contributed by atoms with Crippen LogP contribution in [-0.4, -0.2) is 68.2 Å². The fraction of sp³-hybridized carbons (Fsp3) is 0.429. The Morgan fingerprint density at radius 2 is 1.61 bits per heavy atom. The predicted molar refractivity (Wildman–Crippen MR) is 139 cm³/mol. The van der Waals surface area contributed by atoms with Crippen molar-refractivity contribution in [2.24, 2.45) is 0 Å². The molecule has 0 unspecified atom stereocenters. The number of carbonyl (C=O) groups is 2. The van der Waals surface area contributed by atoms with Gasteiger partial charge < -0.3 is 29.3 Å². The molecule has 0 saturated carbocycles. The van der Waals surface area contributed by atoms with Crippen molar-refractivity contribution in [2.75, 3.05) is 45.7 Å². The van der Waals surface area contributed by atoms with Crippen LogP contribution in [0.2, 0.25) is 0 Å². The number of methoxy groups -OCH3 is 2. The molecular formula is C28H33N3O5. The normalized spacial score (nSPS) is 19.7. The first-order valence-corrected chi connectivity index (χ1v) is 12.7. The number of benzene rings is 2. The zero-order valence-electron chi connectivity index (χ0n) is 20.9. The van der Waals surface area contributed by atoms with Gasteiger partial charge in [0.05, 0.1) is 19.9 Å². The maximum Gasteiger partial charge on any atom is 0.415 e. The van der Waals surface area contributed by atoms with Crippen molar-refractivity contribution in [1.82, 2.24) is 9.80 Å². The highest BCUT2D eigenvalue weighted by atomic mass is 16.6. The van der Waals surface area contributed by atoms with E-state index in [2.05, 4.69) is 10.2 Å². The molecule has 3 heterocycles. The largest absolute Gasteiger partial charge is 0.493 e. The number of rotatable bonds is 5. The van der Waals surface area contributed by atoms with Gasteiger partial charge in [0.2, 0.25) is 0 Å². The Morgan fingerprint density at radius 1 is 0.944 bits per heavy atom. The zero-order valence-corrected chi connectivity index (χ0v) is 20.9. The van der Waals surface area contributed by atoms with Crippen LogP contribution in [0.4, 0.5) is 10.5 Å². The van der Waals surface area contributed by atoms with Crippen molar-refractivity contribution >= 4 is 29.3 Å². The molecule has 190 valence electrons. The summed E-state index contributed by atoms with van der Waals surface area (Å²) in [5, 5.41) is 2.87. The molecule has 3 aliphatic rings. The number of likely N-dealkylation sites (tertiary alicyclic amines) is 2. The molecule has 5 rings (SSSR count). The Kier molecular flexibility index (Phi) is 7.13. The maximum absolute atomic E-state index is 12.7. The first kappa shape index (κ1) is 24.2. The fourth-order valence-corrected chi connectivity index (χ4v) is 5.32. The fourth-order valence-electron chi connectivity index (χ4n) is 5.32. The van der Waals surface area contributed by atoms with Crippen LogP contribution >= 0.6 is 0 Å². The molecule has 8 heteroatoms. The molecule has 0 bridgehead atoms. The lowest BCUT2D eigenvalue weighted by atomic mass is 10.0. The van der Waals surface area contributed by atoms with E-state index in [-0.39, 0.29) is 12.0 Å². The molecule has 3 aliphatic heterocycles. The summed E-state index contributed by atoms with van der Waals surface area (Å²) in [6, 6.07) is 11.3. The van der Waals surface area contributed by atoms with Gasteiger partial charge in [-0.1, -0.05) is 18.6 Å². The van der Waals surface area contributed by atoms with Crippen molar-refractivity contribution < 1.29 is 23.8 Å². The molecule has 1 N–H and O–H groups in total. The minimum absolute atomic E-state index is 0.191.